The van der Waals surface area contributed by atoms with E-state index in [4.69, 9.17) is 4.74 Å². The molecule has 2 N–H and O–H groups in total. The summed E-state index contributed by atoms with van der Waals surface area (Å²) in [7, 11) is 0. The molecule has 2 heterocycles. The van der Waals surface area contributed by atoms with Crippen molar-refractivity contribution in [3.8, 4) is 5.75 Å². The van der Waals surface area contributed by atoms with E-state index in [1.165, 1.54) is 0 Å². The first-order valence-electron chi connectivity index (χ1n) is 9.44. The minimum atomic E-state index is -0.457. The zero-order valence-corrected chi connectivity index (χ0v) is 16.5. The summed E-state index contributed by atoms with van der Waals surface area (Å²) in [6, 6.07) is 14.9. The lowest BCUT2D eigenvalue weighted by Gasteiger charge is -2.28. The van der Waals surface area contributed by atoms with Gasteiger partial charge in [0.2, 0.25) is 5.95 Å². The average molecular weight is 390 g/mol. The number of carbonyl (C=O) groups is 1. The van der Waals surface area contributed by atoms with Crippen LogP contribution >= 0.6 is 0 Å². The van der Waals surface area contributed by atoms with Gasteiger partial charge in [-0.05, 0) is 60.5 Å². The van der Waals surface area contributed by atoms with Crippen LogP contribution in [0.25, 0.3) is 0 Å². The van der Waals surface area contributed by atoms with Crippen LogP contribution in [0.4, 0.5) is 11.6 Å². The highest BCUT2D eigenvalue weighted by Crippen LogP contribution is 2.35. The highest BCUT2D eigenvalue weighted by atomic mass is 16.5. The summed E-state index contributed by atoms with van der Waals surface area (Å²) in [5, 5.41) is 18.0. The molecule has 0 spiro atoms. The molecule has 1 aliphatic rings. The smallest absolute Gasteiger partial charge is 0.255 e. The van der Waals surface area contributed by atoms with Gasteiger partial charge in [0.1, 0.15) is 11.8 Å². The number of anilines is 2. The highest BCUT2D eigenvalue weighted by Gasteiger charge is 2.34. The van der Waals surface area contributed by atoms with E-state index in [0.29, 0.717) is 23.8 Å². The lowest BCUT2D eigenvalue weighted by atomic mass is 9.95. The highest BCUT2D eigenvalue weighted by molar-refractivity contribution is 6.06. The van der Waals surface area contributed by atoms with Crippen molar-refractivity contribution in [3.05, 3.63) is 70.9 Å². The Bertz CT molecular complexity index is 1070. The lowest BCUT2D eigenvalue weighted by molar-refractivity contribution is -0.113. The van der Waals surface area contributed by atoms with Crippen LogP contribution in [0.5, 0.6) is 5.75 Å². The van der Waals surface area contributed by atoms with E-state index in [1.807, 2.05) is 69.3 Å². The van der Waals surface area contributed by atoms with Crippen LogP contribution in [0.2, 0.25) is 0 Å². The van der Waals surface area contributed by atoms with Crippen LogP contribution in [-0.4, -0.2) is 32.7 Å². The summed E-state index contributed by atoms with van der Waals surface area (Å²) in [4.78, 5) is 13.3. The molecule has 0 fully saturated rings. The Hall–Kier alpha value is -3.68. The lowest BCUT2D eigenvalue weighted by Crippen LogP contribution is -2.31. The Morgan fingerprint density at radius 2 is 1.93 bits per heavy atom. The number of hydrogen-bond donors (Lipinski definition) is 2. The number of fused-ring (bicyclic) bond motifs is 1. The zero-order chi connectivity index (χ0) is 20.4. The first kappa shape index (κ1) is 18.7. The van der Waals surface area contributed by atoms with Crippen molar-refractivity contribution in [1.82, 2.24) is 20.2 Å². The van der Waals surface area contributed by atoms with E-state index in [0.717, 1.165) is 22.6 Å². The first-order chi connectivity index (χ1) is 14.1. The molecule has 8 nitrogen and oxygen atoms in total. The molecule has 148 valence electrons. The van der Waals surface area contributed by atoms with Crippen LogP contribution in [0.3, 0.4) is 0 Å². The number of allylic oxidation sites excluding steroid dienone is 1. The molecule has 1 aliphatic heterocycles. The Balaban J connectivity index is 1.73. The van der Waals surface area contributed by atoms with Gasteiger partial charge in [-0.1, -0.05) is 35.4 Å². The predicted octanol–water partition coefficient (Wildman–Crippen LogP) is 3.31. The van der Waals surface area contributed by atoms with Crippen molar-refractivity contribution in [2.45, 2.75) is 26.8 Å². The maximum absolute atomic E-state index is 13.3. The quantitative estimate of drug-likeness (QED) is 0.694. The summed E-state index contributed by atoms with van der Waals surface area (Å²) in [6.07, 6.45) is 0. The van der Waals surface area contributed by atoms with Gasteiger partial charge in [0, 0.05) is 11.4 Å². The third-order valence-corrected chi connectivity index (χ3v) is 4.86. The molecule has 1 amide bonds. The number of aromatic nitrogens is 4. The molecular weight excluding hydrogens is 368 g/mol. The zero-order valence-electron chi connectivity index (χ0n) is 16.5. The molecule has 1 atom stereocenters. The molecule has 3 aromatic rings. The number of benzene rings is 2. The second-order valence-corrected chi connectivity index (χ2v) is 6.78. The number of carbonyl (C=O) groups excluding carboxylic acids is 1. The van der Waals surface area contributed by atoms with Crippen molar-refractivity contribution >= 4 is 17.5 Å². The standard InChI is InChI=1S/C21H22N6O2/c1-4-29-16-11-9-15(10-12-16)19-18(14(3)22-21-24-25-26-27(19)21)20(28)23-17-8-6-5-7-13(17)2/h5-12,19H,4H2,1-3H3,(H,23,28)(H,22,24,26)/t19-/m0/s1. The van der Waals surface area contributed by atoms with E-state index >= 15 is 0 Å². The minimum Gasteiger partial charge on any atom is -0.494 e. The van der Waals surface area contributed by atoms with Gasteiger partial charge in [0.05, 0.1) is 12.2 Å². The first-order valence-corrected chi connectivity index (χ1v) is 9.44. The summed E-state index contributed by atoms with van der Waals surface area (Å²) in [5.74, 6) is 1.06. The molecule has 2 aromatic carbocycles. The third-order valence-electron chi connectivity index (χ3n) is 4.86. The number of aryl methyl sites for hydroxylation is 1. The Labute approximate surface area is 168 Å². The summed E-state index contributed by atoms with van der Waals surface area (Å²) >= 11 is 0. The third kappa shape index (κ3) is 3.56. The molecular formula is C21H22N6O2. The van der Waals surface area contributed by atoms with E-state index in [-0.39, 0.29) is 5.91 Å². The van der Waals surface area contributed by atoms with Gasteiger partial charge in [-0.3, -0.25) is 4.79 Å². The molecule has 0 bridgehead atoms. The van der Waals surface area contributed by atoms with Crippen LogP contribution in [0, 0.1) is 6.92 Å². The summed E-state index contributed by atoms with van der Waals surface area (Å²) in [5.41, 5.74) is 3.90. The van der Waals surface area contributed by atoms with Gasteiger partial charge in [-0.2, -0.15) is 4.68 Å². The van der Waals surface area contributed by atoms with E-state index in [2.05, 4.69) is 26.2 Å². The van der Waals surface area contributed by atoms with Gasteiger partial charge in [-0.25, -0.2) is 0 Å². The van der Waals surface area contributed by atoms with Gasteiger partial charge in [0.25, 0.3) is 5.91 Å². The van der Waals surface area contributed by atoms with Gasteiger partial charge in [-0.15, -0.1) is 0 Å². The van der Waals surface area contributed by atoms with Crippen molar-refractivity contribution < 1.29 is 9.53 Å². The Kier molecular flexibility index (Phi) is 4.99. The Morgan fingerprint density at radius 3 is 2.66 bits per heavy atom. The number of amides is 1. The number of ether oxygens (including phenoxy) is 1. The maximum atomic E-state index is 13.3. The van der Waals surface area contributed by atoms with Gasteiger partial charge < -0.3 is 15.4 Å². The molecule has 1 aromatic heterocycles. The number of hydrogen-bond acceptors (Lipinski definition) is 6. The molecule has 0 saturated heterocycles. The fourth-order valence-corrected chi connectivity index (χ4v) is 3.43. The molecule has 4 rings (SSSR count). The van der Waals surface area contributed by atoms with Crippen LogP contribution in [-0.2, 0) is 4.79 Å². The summed E-state index contributed by atoms with van der Waals surface area (Å²) < 4.78 is 7.16. The SMILES string of the molecule is CCOc1ccc([C@H]2C(C(=O)Nc3ccccc3C)=C(C)Nc3nnnn32)cc1. The van der Waals surface area contributed by atoms with Gasteiger partial charge >= 0.3 is 0 Å². The van der Waals surface area contributed by atoms with Crippen molar-refractivity contribution in [2.24, 2.45) is 0 Å². The second-order valence-electron chi connectivity index (χ2n) is 6.78. The second kappa shape index (κ2) is 7.75. The fourth-order valence-electron chi connectivity index (χ4n) is 3.43. The largest absolute Gasteiger partial charge is 0.494 e. The topological polar surface area (TPSA) is 94.0 Å². The number of nitrogens with one attached hydrogen (secondary N) is 2. The fraction of sp³-hybridized carbons (Fsp3) is 0.238. The minimum absolute atomic E-state index is 0.204. The molecule has 0 saturated carbocycles. The van der Waals surface area contributed by atoms with Crippen LogP contribution in [0.1, 0.15) is 31.0 Å². The van der Waals surface area contributed by atoms with Crippen molar-refractivity contribution in [1.29, 1.82) is 0 Å². The average Bonchev–Trinajstić information content (AvgIpc) is 3.17. The summed E-state index contributed by atoms with van der Waals surface area (Å²) in [6.45, 7) is 6.34. The monoisotopic (exact) mass is 390 g/mol. The number of tetrazole rings is 1. The molecule has 0 aliphatic carbocycles. The molecule has 8 heteroatoms. The van der Waals surface area contributed by atoms with Crippen LogP contribution < -0.4 is 15.4 Å². The molecule has 29 heavy (non-hydrogen) atoms. The number of nitrogens with zero attached hydrogens (tertiary/aromatic N) is 4. The molecule has 0 radical (unpaired) electrons. The van der Waals surface area contributed by atoms with Gasteiger partial charge in [0.15, 0.2) is 0 Å². The Morgan fingerprint density at radius 1 is 1.17 bits per heavy atom. The van der Waals surface area contributed by atoms with Crippen molar-refractivity contribution in [3.63, 3.8) is 0 Å². The molecule has 0 unspecified atom stereocenters. The van der Waals surface area contributed by atoms with Crippen LogP contribution in [0.15, 0.2) is 59.8 Å². The van der Waals surface area contributed by atoms with E-state index < -0.39 is 6.04 Å². The number of para-hydroxylation sites is 1. The van der Waals surface area contributed by atoms with Crippen molar-refractivity contribution in [2.75, 3.05) is 17.2 Å². The number of rotatable bonds is 5. The van der Waals surface area contributed by atoms with E-state index in [9.17, 15) is 4.79 Å². The predicted molar refractivity (Wildman–Crippen MR) is 110 cm³/mol. The van der Waals surface area contributed by atoms with E-state index in [1.54, 1.807) is 4.68 Å². The maximum Gasteiger partial charge on any atom is 0.255 e. The normalized spacial score (nSPS) is 15.5.